The van der Waals surface area contributed by atoms with E-state index in [4.69, 9.17) is 12.2 Å². The summed E-state index contributed by atoms with van der Waals surface area (Å²) < 4.78 is 0. The summed E-state index contributed by atoms with van der Waals surface area (Å²) >= 11 is 0. The van der Waals surface area contributed by atoms with Crippen LogP contribution in [0.2, 0.25) is 0 Å². The smallest absolute Gasteiger partial charge is 0.0118 e. The molecule has 10 heavy (non-hydrogen) atoms. The monoisotopic (exact) mass is 137 g/mol. The number of allylic oxidation sites excluding steroid dienone is 1. The fourth-order valence-electron chi connectivity index (χ4n) is 0.743. The van der Waals surface area contributed by atoms with Crippen LogP contribution >= 0.6 is 0 Å². The molecule has 0 saturated heterocycles. The lowest BCUT2D eigenvalue weighted by molar-refractivity contribution is 0.799. The molecule has 0 amide bonds. The lowest BCUT2D eigenvalue weighted by atomic mass is 10.1. The predicted molar refractivity (Wildman–Crippen MR) is 45.5 cm³/mol. The van der Waals surface area contributed by atoms with E-state index in [-0.39, 0.29) is 0 Å². The summed E-state index contributed by atoms with van der Waals surface area (Å²) in [4.78, 5) is 0. The number of unbranched alkanes of at least 4 members (excludes halogenated alkanes) is 1. The van der Waals surface area contributed by atoms with Crippen molar-refractivity contribution in [1.29, 1.82) is 0 Å². The Morgan fingerprint density at radius 3 is 2.80 bits per heavy atom. The summed E-state index contributed by atoms with van der Waals surface area (Å²) in [6.07, 6.45) is 10.5. The minimum Gasteiger partial charge on any atom is -0.327 e. The number of rotatable bonds is 4. The Kier molecular flexibility index (Phi) is 5.91. The summed E-state index contributed by atoms with van der Waals surface area (Å²) in [5.74, 6) is 2.62. The van der Waals surface area contributed by atoms with E-state index in [1.54, 1.807) is 0 Å². The van der Waals surface area contributed by atoms with Crippen LogP contribution in [-0.2, 0) is 0 Å². The quantitative estimate of drug-likeness (QED) is 0.586. The molecule has 2 N–H and O–H groups in total. The molecule has 0 heterocycles. The fraction of sp³-hybridized carbons (Fsp3) is 0.556. The van der Waals surface area contributed by atoms with Crippen LogP contribution in [0.5, 0.6) is 0 Å². The molecule has 0 aliphatic carbocycles. The van der Waals surface area contributed by atoms with E-state index < -0.39 is 0 Å². The Balaban J connectivity index is 3.64. The Bertz CT molecular complexity index is 139. The first kappa shape index (κ1) is 9.26. The highest BCUT2D eigenvalue weighted by Crippen LogP contribution is 2.04. The molecular formula is C9H15N. The van der Waals surface area contributed by atoms with Crippen LogP contribution < -0.4 is 5.73 Å². The molecule has 0 spiro atoms. The van der Waals surface area contributed by atoms with E-state index in [9.17, 15) is 0 Å². The van der Waals surface area contributed by atoms with E-state index in [1.807, 2.05) is 6.08 Å². The average Bonchev–Trinajstić information content (AvgIpc) is 1.98. The largest absolute Gasteiger partial charge is 0.327 e. The third kappa shape index (κ3) is 4.17. The maximum atomic E-state index is 5.30. The van der Waals surface area contributed by atoms with Gasteiger partial charge >= 0.3 is 0 Å². The molecule has 1 nitrogen and oxygen atoms in total. The normalized spacial score (nSPS) is 11.1. The van der Waals surface area contributed by atoms with Crippen LogP contribution in [0.3, 0.4) is 0 Å². The first-order chi connectivity index (χ1) is 4.85. The van der Waals surface area contributed by atoms with E-state index in [1.165, 1.54) is 6.42 Å². The minimum absolute atomic E-state index is 0.559. The molecule has 1 heteroatoms. The molecule has 0 bridgehead atoms. The van der Waals surface area contributed by atoms with E-state index in [2.05, 4.69) is 12.8 Å². The van der Waals surface area contributed by atoms with Crippen molar-refractivity contribution in [3.63, 3.8) is 0 Å². The van der Waals surface area contributed by atoms with Gasteiger partial charge in [0.05, 0.1) is 0 Å². The minimum atomic E-state index is 0.559. The van der Waals surface area contributed by atoms with Crippen molar-refractivity contribution in [3.05, 3.63) is 11.6 Å². The molecule has 56 valence electrons. The lowest BCUT2D eigenvalue weighted by Crippen LogP contribution is -1.95. The van der Waals surface area contributed by atoms with Crippen LogP contribution in [0.15, 0.2) is 11.6 Å². The second kappa shape index (κ2) is 6.38. The Labute approximate surface area is 63.3 Å². The average molecular weight is 137 g/mol. The Morgan fingerprint density at radius 2 is 2.40 bits per heavy atom. The molecule has 0 aromatic rings. The first-order valence-corrected chi connectivity index (χ1v) is 3.70. The summed E-state index contributed by atoms with van der Waals surface area (Å²) in [6.45, 7) is 2.71. The molecular weight excluding hydrogens is 122 g/mol. The molecule has 0 atom stereocenters. The topological polar surface area (TPSA) is 26.0 Å². The highest BCUT2D eigenvalue weighted by molar-refractivity contribution is 5.25. The van der Waals surface area contributed by atoms with Crippen LogP contribution in [0.4, 0.5) is 0 Å². The number of terminal acetylenes is 1. The van der Waals surface area contributed by atoms with Gasteiger partial charge in [0.15, 0.2) is 0 Å². The van der Waals surface area contributed by atoms with Gasteiger partial charge in [-0.25, -0.2) is 0 Å². The van der Waals surface area contributed by atoms with Crippen molar-refractivity contribution in [2.45, 2.75) is 26.2 Å². The molecule has 0 radical (unpaired) electrons. The molecule has 0 aromatic heterocycles. The third-order valence-electron chi connectivity index (χ3n) is 1.35. The standard InChI is InChI=1S/C9H15N/c1-3-5-6-9(4-2)7-8-10/h2,7H,3,5-6,8,10H2,1H3/b9-7+. The second-order valence-electron chi connectivity index (χ2n) is 2.21. The molecule has 0 aliphatic heterocycles. The van der Waals surface area contributed by atoms with Crippen molar-refractivity contribution in [1.82, 2.24) is 0 Å². The van der Waals surface area contributed by atoms with Gasteiger partial charge < -0.3 is 5.73 Å². The van der Waals surface area contributed by atoms with Gasteiger partial charge in [-0.1, -0.05) is 25.3 Å². The zero-order valence-electron chi connectivity index (χ0n) is 6.56. The molecule has 0 rings (SSSR count). The SMILES string of the molecule is C#C/C(=C\CN)CCCC. The molecule has 0 saturated carbocycles. The molecule has 0 aromatic carbocycles. The maximum absolute atomic E-state index is 5.30. The lowest BCUT2D eigenvalue weighted by Gasteiger charge is -1.95. The van der Waals surface area contributed by atoms with Crippen molar-refractivity contribution in [2.24, 2.45) is 5.73 Å². The highest BCUT2D eigenvalue weighted by Gasteiger charge is 1.89. The van der Waals surface area contributed by atoms with Crippen LogP contribution in [0.25, 0.3) is 0 Å². The summed E-state index contributed by atoms with van der Waals surface area (Å²) in [6, 6.07) is 0. The number of nitrogens with two attached hydrogens (primary N) is 1. The van der Waals surface area contributed by atoms with Crippen molar-refractivity contribution in [2.75, 3.05) is 6.54 Å². The summed E-state index contributed by atoms with van der Waals surface area (Å²) in [5, 5.41) is 0. The van der Waals surface area contributed by atoms with Gasteiger partial charge in [0.25, 0.3) is 0 Å². The zero-order chi connectivity index (χ0) is 7.82. The van der Waals surface area contributed by atoms with Crippen LogP contribution in [0.1, 0.15) is 26.2 Å². The third-order valence-corrected chi connectivity index (χ3v) is 1.35. The van der Waals surface area contributed by atoms with Gasteiger partial charge in [0.2, 0.25) is 0 Å². The van der Waals surface area contributed by atoms with Gasteiger partial charge in [-0.2, -0.15) is 0 Å². The van der Waals surface area contributed by atoms with E-state index >= 15 is 0 Å². The fourth-order valence-corrected chi connectivity index (χ4v) is 0.743. The molecule has 0 aliphatic rings. The molecule has 0 fully saturated rings. The molecule has 0 unspecified atom stereocenters. The number of hydrogen-bond donors (Lipinski definition) is 1. The van der Waals surface area contributed by atoms with Gasteiger partial charge in [0.1, 0.15) is 0 Å². The van der Waals surface area contributed by atoms with Crippen molar-refractivity contribution >= 4 is 0 Å². The van der Waals surface area contributed by atoms with Crippen LogP contribution in [0, 0.1) is 12.3 Å². The Morgan fingerprint density at radius 1 is 1.70 bits per heavy atom. The van der Waals surface area contributed by atoms with E-state index in [0.29, 0.717) is 6.54 Å². The summed E-state index contributed by atoms with van der Waals surface area (Å²) in [7, 11) is 0. The predicted octanol–water partition coefficient (Wildman–Crippen LogP) is 1.69. The van der Waals surface area contributed by atoms with Gasteiger partial charge in [-0.3, -0.25) is 0 Å². The first-order valence-electron chi connectivity index (χ1n) is 3.70. The Hall–Kier alpha value is -0.740. The zero-order valence-corrected chi connectivity index (χ0v) is 6.56. The van der Waals surface area contributed by atoms with Gasteiger partial charge in [-0.05, 0) is 18.4 Å². The summed E-state index contributed by atoms with van der Waals surface area (Å²) in [5.41, 5.74) is 6.35. The van der Waals surface area contributed by atoms with Gasteiger partial charge in [0, 0.05) is 6.54 Å². The van der Waals surface area contributed by atoms with Crippen molar-refractivity contribution < 1.29 is 0 Å². The maximum Gasteiger partial charge on any atom is 0.0118 e. The van der Waals surface area contributed by atoms with Gasteiger partial charge in [-0.15, -0.1) is 6.42 Å². The van der Waals surface area contributed by atoms with Crippen molar-refractivity contribution in [3.8, 4) is 12.3 Å². The number of hydrogen-bond acceptors (Lipinski definition) is 1. The second-order valence-corrected chi connectivity index (χ2v) is 2.21. The van der Waals surface area contributed by atoms with E-state index in [0.717, 1.165) is 18.4 Å². The highest BCUT2D eigenvalue weighted by atomic mass is 14.5. The van der Waals surface area contributed by atoms with Crippen LogP contribution in [-0.4, -0.2) is 6.54 Å².